The third-order valence-electron chi connectivity index (χ3n) is 6.32. The van der Waals surface area contributed by atoms with Gasteiger partial charge in [0.15, 0.2) is 0 Å². The molecule has 0 saturated carbocycles. The van der Waals surface area contributed by atoms with Crippen molar-refractivity contribution in [3.05, 3.63) is 70.2 Å². The zero-order valence-electron chi connectivity index (χ0n) is 21.1. The highest BCUT2D eigenvalue weighted by molar-refractivity contribution is 7.11. The van der Waals surface area contributed by atoms with Gasteiger partial charge in [0.05, 0.1) is 18.7 Å². The monoisotopic (exact) mass is 547 g/mol. The summed E-state index contributed by atoms with van der Waals surface area (Å²) in [4.78, 5) is 16.6. The molecule has 0 spiro atoms. The van der Waals surface area contributed by atoms with Crippen molar-refractivity contribution in [1.82, 2.24) is 24.6 Å². The smallest absolute Gasteiger partial charge is 0.490 e. The van der Waals surface area contributed by atoms with Crippen LogP contribution in [-0.4, -0.2) is 75.7 Å². The van der Waals surface area contributed by atoms with Crippen molar-refractivity contribution in [1.29, 1.82) is 0 Å². The van der Waals surface area contributed by atoms with Crippen molar-refractivity contribution >= 4 is 22.8 Å². The number of likely N-dealkylation sites (N-methyl/N-ethyl adjacent to an activating group) is 1. The Bertz CT molecular complexity index is 1400. The van der Waals surface area contributed by atoms with Crippen molar-refractivity contribution < 1.29 is 27.8 Å². The Kier molecular flexibility index (Phi) is 8.34. The summed E-state index contributed by atoms with van der Waals surface area (Å²) in [6.07, 6.45) is -3.04. The summed E-state index contributed by atoms with van der Waals surface area (Å²) >= 11 is 1.89. The number of hydrogen-bond acceptors (Lipinski definition) is 7. The van der Waals surface area contributed by atoms with Crippen LogP contribution in [0.1, 0.15) is 21.5 Å². The van der Waals surface area contributed by atoms with Crippen molar-refractivity contribution in [3.63, 3.8) is 0 Å². The summed E-state index contributed by atoms with van der Waals surface area (Å²) in [5, 5.41) is 16.2. The maximum Gasteiger partial charge on any atom is 0.490 e. The van der Waals surface area contributed by atoms with Crippen LogP contribution in [0.2, 0.25) is 0 Å². The lowest BCUT2D eigenvalue weighted by atomic mass is 10.0. The molecule has 38 heavy (non-hydrogen) atoms. The van der Waals surface area contributed by atoms with E-state index in [0.29, 0.717) is 0 Å². The molecule has 1 atom stereocenters. The summed E-state index contributed by atoms with van der Waals surface area (Å²) < 4.78 is 39.2. The van der Waals surface area contributed by atoms with Crippen LogP contribution in [0.5, 0.6) is 5.75 Å². The molecule has 0 aliphatic carbocycles. The molecule has 5 rings (SSSR count). The van der Waals surface area contributed by atoms with Crippen LogP contribution in [0.3, 0.4) is 0 Å². The van der Waals surface area contributed by atoms with E-state index in [-0.39, 0.29) is 6.04 Å². The zero-order chi connectivity index (χ0) is 27.4. The predicted molar refractivity (Wildman–Crippen MR) is 138 cm³/mol. The number of benzene rings is 1. The molecule has 0 amide bonds. The zero-order valence-corrected chi connectivity index (χ0v) is 22.0. The molecule has 3 aromatic heterocycles. The van der Waals surface area contributed by atoms with Crippen molar-refractivity contribution in [3.8, 4) is 16.9 Å². The second-order valence-electron chi connectivity index (χ2n) is 8.97. The van der Waals surface area contributed by atoms with Gasteiger partial charge in [-0.05, 0) is 38.2 Å². The van der Waals surface area contributed by atoms with E-state index in [1.54, 1.807) is 7.11 Å². The normalized spacial score (nSPS) is 16.7. The number of carbonyl (C=O) groups is 1. The van der Waals surface area contributed by atoms with Gasteiger partial charge in [0, 0.05) is 53.3 Å². The van der Waals surface area contributed by atoms with Crippen LogP contribution in [-0.2, 0) is 11.3 Å². The molecule has 1 fully saturated rings. The van der Waals surface area contributed by atoms with Crippen molar-refractivity contribution in [2.75, 3.05) is 33.8 Å². The van der Waals surface area contributed by atoms with Gasteiger partial charge >= 0.3 is 12.1 Å². The lowest BCUT2D eigenvalue weighted by Gasteiger charge is -2.38. The number of para-hydroxylation sites is 1. The Morgan fingerprint density at radius 1 is 1.16 bits per heavy atom. The number of ether oxygens (including phenoxy) is 1. The summed E-state index contributed by atoms with van der Waals surface area (Å²) in [7, 11) is 3.89. The van der Waals surface area contributed by atoms with Crippen LogP contribution < -0.4 is 4.74 Å². The number of pyridine rings is 1. The number of nitrogens with zero attached hydrogens (tertiary/aromatic N) is 5. The predicted octanol–water partition coefficient (Wildman–Crippen LogP) is 4.90. The molecule has 202 valence electrons. The number of carboxylic acids is 1. The fourth-order valence-corrected chi connectivity index (χ4v) is 5.29. The van der Waals surface area contributed by atoms with Gasteiger partial charge in [-0.25, -0.2) is 9.31 Å². The minimum absolute atomic E-state index is 0.226. The number of halogens is 3. The van der Waals surface area contributed by atoms with Crippen molar-refractivity contribution in [2.24, 2.45) is 0 Å². The van der Waals surface area contributed by atoms with E-state index < -0.39 is 12.1 Å². The van der Waals surface area contributed by atoms with Crippen LogP contribution in [0.25, 0.3) is 16.6 Å². The summed E-state index contributed by atoms with van der Waals surface area (Å²) in [5.41, 5.74) is 4.22. The standard InChI is InChI=1S/C24H27N5OS.C2HF3O2/c1-17-8-10-19(31-17)15-28-13-12-27(2)22(16-28)24-21-11-9-18(14-29(21)26-25-24)20-6-4-5-7-23(20)30-3;3-2(4,5)1(6)7/h4-11,14,22H,12-13,15-16H2,1-3H3;(H,6,7). The molecule has 1 aromatic carbocycles. The van der Waals surface area contributed by atoms with Crippen LogP contribution >= 0.6 is 11.3 Å². The van der Waals surface area contributed by atoms with Gasteiger partial charge in [0.2, 0.25) is 0 Å². The van der Waals surface area contributed by atoms with Gasteiger partial charge in [0.25, 0.3) is 0 Å². The number of rotatable bonds is 5. The third kappa shape index (κ3) is 6.32. The molecule has 0 radical (unpaired) electrons. The highest BCUT2D eigenvalue weighted by atomic mass is 32.1. The van der Waals surface area contributed by atoms with E-state index in [1.807, 2.05) is 40.2 Å². The molecule has 8 nitrogen and oxygen atoms in total. The average molecular weight is 548 g/mol. The topological polar surface area (TPSA) is 83.2 Å². The maximum atomic E-state index is 10.6. The maximum absolute atomic E-state index is 10.6. The van der Waals surface area contributed by atoms with Crippen LogP contribution in [0, 0.1) is 6.92 Å². The molecule has 12 heteroatoms. The second kappa shape index (κ2) is 11.5. The second-order valence-corrected chi connectivity index (χ2v) is 10.3. The fraction of sp³-hybridized carbons (Fsp3) is 0.346. The number of aliphatic carboxylic acids is 1. The van der Waals surface area contributed by atoms with E-state index in [2.05, 4.69) is 64.4 Å². The fourth-order valence-electron chi connectivity index (χ4n) is 4.35. The largest absolute Gasteiger partial charge is 0.496 e. The average Bonchev–Trinajstić information content (AvgIpc) is 3.50. The van der Waals surface area contributed by atoms with Gasteiger partial charge in [-0.1, -0.05) is 29.5 Å². The number of alkyl halides is 3. The summed E-state index contributed by atoms with van der Waals surface area (Å²) in [6, 6.07) is 17.0. The molecule has 1 unspecified atom stereocenters. The Morgan fingerprint density at radius 3 is 2.55 bits per heavy atom. The first kappa shape index (κ1) is 27.6. The van der Waals surface area contributed by atoms with Gasteiger partial charge < -0.3 is 9.84 Å². The molecule has 1 aliphatic rings. The van der Waals surface area contributed by atoms with Gasteiger partial charge in [-0.2, -0.15) is 13.2 Å². The molecule has 1 N–H and O–H groups in total. The molecule has 1 aliphatic heterocycles. The number of hydrogen-bond donors (Lipinski definition) is 1. The Balaban J connectivity index is 0.000000426. The highest BCUT2D eigenvalue weighted by Gasteiger charge is 2.38. The number of aromatic nitrogens is 3. The van der Waals surface area contributed by atoms with Gasteiger partial charge in [0.1, 0.15) is 11.4 Å². The van der Waals surface area contributed by atoms with Gasteiger partial charge in [-0.15, -0.1) is 16.4 Å². The molecule has 4 aromatic rings. The van der Waals surface area contributed by atoms with E-state index >= 15 is 0 Å². The number of carboxylic acid groups (broad SMARTS) is 1. The lowest BCUT2D eigenvalue weighted by molar-refractivity contribution is -0.192. The van der Waals surface area contributed by atoms with E-state index in [9.17, 15) is 13.2 Å². The van der Waals surface area contributed by atoms with Crippen LogP contribution in [0.15, 0.2) is 54.7 Å². The molecular weight excluding hydrogens is 519 g/mol. The minimum atomic E-state index is -5.08. The first-order chi connectivity index (χ1) is 18.1. The first-order valence-corrected chi connectivity index (χ1v) is 12.6. The molecule has 0 bridgehead atoms. The number of thiophene rings is 1. The lowest BCUT2D eigenvalue weighted by Crippen LogP contribution is -2.46. The van der Waals surface area contributed by atoms with Crippen molar-refractivity contribution in [2.45, 2.75) is 25.7 Å². The molecule has 1 saturated heterocycles. The molecule has 4 heterocycles. The summed E-state index contributed by atoms with van der Waals surface area (Å²) in [6.45, 7) is 6.22. The van der Waals surface area contributed by atoms with E-state index in [4.69, 9.17) is 14.6 Å². The number of piperazine rings is 1. The Hall–Kier alpha value is -3.48. The Labute approximate surface area is 221 Å². The van der Waals surface area contributed by atoms with E-state index in [0.717, 1.165) is 54.3 Å². The van der Waals surface area contributed by atoms with E-state index in [1.165, 1.54) is 9.75 Å². The van der Waals surface area contributed by atoms with Crippen LogP contribution in [0.4, 0.5) is 13.2 Å². The number of aryl methyl sites for hydroxylation is 1. The quantitative estimate of drug-likeness (QED) is 0.381. The number of methoxy groups -OCH3 is 1. The highest BCUT2D eigenvalue weighted by Crippen LogP contribution is 2.32. The first-order valence-electron chi connectivity index (χ1n) is 11.8. The summed E-state index contributed by atoms with van der Waals surface area (Å²) in [5.74, 6) is -1.90. The minimum Gasteiger partial charge on any atom is -0.496 e. The number of fused-ring (bicyclic) bond motifs is 1. The SMILES string of the molecule is COc1ccccc1-c1ccc2c(C3CN(Cc4ccc(C)s4)CCN3C)nnn2c1.O=C(O)C(F)(F)F. The molecular formula is C26H28F3N5O3S. The van der Waals surface area contributed by atoms with Gasteiger partial charge in [-0.3, -0.25) is 9.80 Å². The Morgan fingerprint density at radius 2 is 1.89 bits per heavy atom. The third-order valence-corrected chi connectivity index (χ3v) is 7.31.